The second kappa shape index (κ2) is 5.46. The van der Waals surface area contributed by atoms with E-state index in [1.54, 1.807) is 18.2 Å². The molecule has 1 atom stereocenters. The van der Waals surface area contributed by atoms with E-state index in [4.69, 9.17) is 16.7 Å². The number of alkyl halides is 1. The summed E-state index contributed by atoms with van der Waals surface area (Å²) in [5, 5.41) is 8.83. The monoisotopic (exact) mass is 349 g/mol. The van der Waals surface area contributed by atoms with Crippen molar-refractivity contribution < 1.29 is 19.1 Å². The largest absolute Gasteiger partial charge is 0.479 e. The maximum Gasteiger partial charge on any atom is 0.338 e. The van der Waals surface area contributed by atoms with Crippen molar-refractivity contribution in [1.82, 2.24) is 4.90 Å². The van der Waals surface area contributed by atoms with Crippen LogP contribution in [0.4, 0.5) is 4.39 Å². The van der Waals surface area contributed by atoms with Gasteiger partial charge in [-0.05, 0) is 18.2 Å². The molecule has 19 heavy (non-hydrogen) atoms. The van der Waals surface area contributed by atoms with Crippen LogP contribution in [0.2, 0.25) is 5.02 Å². The summed E-state index contributed by atoms with van der Waals surface area (Å²) >= 11 is 9.19. The fourth-order valence-corrected chi connectivity index (χ4v) is 2.65. The van der Waals surface area contributed by atoms with Crippen LogP contribution in [-0.2, 0) is 4.79 Å². The molecule has 102 valence electrons. The quantitative estimate of drug-likeness (QED) is 0.911. The van der Waals surface area contributed by atoms with Crippen molar-refractivity contribution in [2.45, 2.75) is 6.17 Å². The molecular formula is C12H10BrClFNO3. The summed E-state index contributed by atoms with van der Waals surface area (Å²) in [6.07, 6.45) is -1.93. The third-order valence-electron chi connectivity index (χ3n) is 3.01. The second-order valence-corrected chi connectivity index (χ2v) is 5.66. The highest BCUT2D eigenvalue weighted by Gasteiger charge is 2.40. The third-order valence-corrected chi connectivity index (χ3v) is 3.81. The van der Waals surface area contributed by atoms with Gasteiger partial charge >= 0.3 is 5.97 Å². The van der Waals surface area contributed by atoms with Gasteiger partial charge in [-0.25, -0.2) is 9.18 Å². The molecule has 0 radical (unpaired) electrons. The van der Waals surface area contributed by atoms with Gasteiger partial charge < -0.3 is 10.0 Å². The number of carboxylic acid groups (broad SMARTS) is 1. The molecule has 0 aromatic heterocycles. The lowest BCUT2D eigenvalue weighted by molar-refractivity contribution is -0.147. The molecule has 1 heterocycles. The Bertz CT molecular complexity index is 534. The van der Waals surface area contributed by atoms with Crippen LogP contribution in [0.25, 0.3) is 0 Å². The van der Waals surface area contributed by atoms with E-state index in [9.17, 15) is 14.0 Å². The van der Waals surface area contributed by atoms with Gasteiger partial charge in [0, 0.05) is 23.5 Å². The number of amides is 1. The predicted molar refractivity (Wildman–Crippen MR) is 71.1 cm³/mol. The van der Waals surface area contributed by atoms with Crippen molar-refractivity contribution >= 4 is 39.4 Å². The van der Waals surface area contributed by atoms with E-state index in [-0.39, 0.29) is 19.0 Å². The number of benzene rings is 1. The zero-order valence-electron chi connectivity index (χ0n) is 9.65. The third kappa shape index (κ3) is 2.90. The SMILES string of the molecule is O=C(O)C(F)C1CN(C(=O)c2ccc(Br)cc2Cl)C1. The number of carbonyl (C=O) groups is 2. The van der Waals surface area contributed by atoms with E-state index in [1.165, 1.54) is 4.90 Å². The number of hydrogen-bond donors (Lipinski definition) is 1. The summed E-state index contributed by atoms with van der Waals surface area (Å²) in [5.41, 5.74) is 0.328. The normalized spacial score (nSPS) is 16.9. The standard InChI is InChI=1S/C12H10BrClFNO3/c13-7-1-2-8(9(14)3-7)11(17)16-4-6(5-16)10(15)12(18)19/h1-3,6,10H,4-5H2,(H,18,19). The van der Waals surface area contributed by atoms with Gasteiger partial charge in [0.1, 0.15) is 0 Å². The van der Waals surface area contributed by atoms with Crippen LogP contribution in [0.1, 0.15) is 10.4 Å². The smallest absolute Gasteiger partial charge is 0.338 e. The summed E-state index contributed by atoms with van der Waals surface area (Å²) in [7, 11) is 0. The lowest BCUT2D eigenvalue weighted by Gasteiger charge is -2.39. The first kappa shape index (κ1) is 14.3. The molecule has 0 bridgehead atoms. The lowest BCUT2D eigenvalue weighted by atomic mass is 9.94. The van der Waals surface area contributed by atoms with Gasteiger partial charge in [-0.2, -0.15) is 0 Å². The molecule has 2 rings (SSSR count). The van der Waals surface area contributed by atoms with E-state index >= 15 is 0 Å². The van der Waals surface area contributed by atoms with Gasteiger partial charge in [-0.3, -0.25) is 4.79 Å². The summed E-state index contributed by atoms with van der Waals surface area (Å²) in [6, 6.07) is 4.86. The van der Waals surface area contributed by atoms with E-state index in [2.05, 4.69) is 15.9 Å². The Hall–Kier alpha value is -1.14. The number of aliphatic carboxylic acids is 1. The van der Waals surface area contributed by atoms with Crippen LogP contribution in [0.15, 0.2) is 22.7 Å². The maximum absolute atomic E-state index is 13.2. The van der Waals surface area contributed by atoms with Gasteiger partial charge in [0.25, 0.3) is 5.91 Å². The van der Waals surface area contributed by atoms with Crippen LogP contribution in [0, 0.1) is 5.92 Å². The van der Waals surface area contributed by atoms with Crippen LogP contribution in [0.5, 0.6) is 0 Å². The van der Waals surface area contributed by atoms with E-state index in [1.807, 2.05) is 0 Å². The number of carbonyl (C=O) groups excluding carboxylic acids is 1. The number of halogens is 3. The summed E-state index contributed by atoms with van der Waals surface area (Å²) in [5.74, 6) is -2.44. The first-order chi connectivity index (χ1) is 8.90. The van der Waals surface area contributed by atoms with Crippen LogP contribution in [0.3, 0.4) is 0 Å². The topological polar surface area (TPSA) is 57.6 Å². The molecule has 1 aromatic rings. The van der Waals surface area contributed by atoms with Crippen LogP contribution < -0.4 is 0 Å². The Morgan fingerprint density at radius 2 is 2.11 bits per heavy atom. The Morgan fingerprint density at radius 1 is 1.47 bits per heavy atom. The fraction of sp³-hybridized carbons (Fsp3) is 0.333. The molecule has 7 heteroatoms. The molecule has 1 saturated heterocycles. The molecule has 1 aliphatic heterocycles. The molecule has 1 unspecified atom stereocenters. The molecule has 4 nitrogen and oxygen atoms in total. The molecule has 0 aliphatic carbocycles. The van der Waals surface area contributed by atoms with E-state index in [0.29, 0.717) is 10.6 Å². The van der Waals surface area contributed by atoms with Crippen LogP contribution in [-0.4, -0.2) is 41.1 Å². The number of nitrogens with zero attached hydrogens (tertiary/aromatic N) is 1. The zero-order valence-corrected chi connectivity index (χ0v) is 12.0. The molecule has 1 fully saturated rings. The van der Waals surface area contributed by atoms with Crippen molar-refractivity contribution in [2.24, 2.45) is 5.92 Å². The van der Waals surface area contributed by atoms with E-state index in [0.717, 1.165) is 4.47 Å². The van der Waals surface area contributed by atoms with Gasteiger partial charge in [0.15, 0.2) is 0 Å². The zero-order chi connectivity index (χ0) is 14.2. The fourth-order valence-electron chi connectivity index (χ4n) is 1.90. The predicted octanol–water partition coefficient (Wildman–Crippen LogP) is 2.60. The Labute approximate surface area is 122 Å². The highest BCUT2D eigenvalue weighted by atomic mass is 79.9. The highest BCUT2D eigenvalue weighted by molar-refractivity contribution is 9.10. The first-order valence-corrected chi connectivity index (χ1v) is 6.68. The molecule has 1 amide bonds. The molecule has 0 spiro atoms. The molecular weight excluding hydrogens is 340 g/mol. The minimum Gasteiger partial charge on any atom is -0.479 e. The summed E-state index contributed by atoms with van der Waals surface area (Å²) in [6.45, 7) is 0.192. The average Bonchev–Trinajstić information content (AvgIpc) is 2.26. The Balaban J connectivity index is 2.02. The van der Waals surface area contributed by atoms with Crippen molar-refractivity contribution in [1.29, 1.82) is 0 Å². The first-order valence-electron chi connectivity index (χ1n) is 5.51. The van der Waals surface area contributed by atoms with E-state index < -0.39 is 18.1 Å². The summed E-state index contributed by atoms with van der Waals surface area (Å²) < 4.78 is 13.9. The number of likely N-dealkylation sites (tertiary alicyclic amines) is 1. The van der Waals surface area contributed by atoms with Gasteiger partial charge in [0.05, 0.1) is 10.6 Å². The lowest BCUT2D eigenvalue weighted by Crippen LogP contribution is -2.55. The van der Waals surface area contributed by atoms with Crippen molar-refractivity contribution in [3.63, 3.8) is 0 Å². The average molecular weight is 351 g/mol. The molecule has 1 aromatic carbocycles. The number of rotatable bonds is 3. The Kier molecular flexibility index (Phi) is 4.10. The van der Waals surface area contributed by atoms with Gasteiger partial charge in [-0.1, -0.05) is 27.5 Å². The Morgan fingerprint density at radius 3 is 2.63 bits per heavy atom. The minimum absolute atomic E-state index is 0.0959. The molecule has 1 N–H and O–H groups in total. The van der Waals surface area contributed by atoms with Gasteiger partial charge in [0.2, 0.25) is 6.17 Å². The van der Waals surface area contributed by atoms with Crippen molar-refractivity contribution in [3.05, 3.63) is 33.3 Å². The summed E-state index contributed by atoms with van der Waals surface area (Å²) in [4.78, 5) is 23.9. The second-order valence-electron chi connectivity index (χ2n) is 4.33. The van der Waals surface area contributed by atoms with Crippen molar-refractivity contribution in [2.75, 3.05) is 13.1 Å². The number of hydrogen-bond acceptors (Lipinski definition) is 2. The molecule has 1 aliphatic rings. The van der Waals surface area contributed by atoms with Crippen LogP contribution >= 0.6 is 27.5 Å². The number of carboxylic acids is 1. The minimum atomic E-state index is -1.93. The highest BCUT2D eigenvalue weighted by Crippen LogP contribution is 2.27. The van der Waals surface area contributed by atoms with Crippen molar-refractivity contribution in [3.8, 4) is 0 Å². The molecule has 0 saturated carbocycles. The van der Waals surface area contributed by atoms with Gasteiger partial charge in [-0.15, -0.1) is 0 Å². The maximum atomic E-state index is 13.2.